The van der Waals surface area contributed by atoms with E-state index in [1.807, 2.05) is 43.3 Å². The van der Waals surface area contributed by atoms with E-state index in [9.17, 15) is 8.42 Å². The summed E-state index contributed by atoms with van der Waals surface area (Å²) in [4.78, 5) is 0.217. The van der Waals surface area contributed by atoms with Gasteiger partial charge in [0, 0.05) is 12.5 Å². The molecule has 7 heteroatoms. The zero-order chi connectivity index (χ0) is 20.7. The number of hydrogen-bond acceptors (Lipinski definition) is 5. The maximum absolute atomic E-state index is 12.6. The van der Waals surface area contributed by atoms with Crippen molar-refractivity contribution in [2.24, 2.45) is 10.9 Å². The lowest BCUT2D eigenvalue weighted by Crippen LogP contribution is -2.13. The summed E-state index contributed by atoms with van der Waals surface area (Å²) in [5, 5.41) is 3.50. The molecule has 29 heavy (non-hydrogen) atoms. The van der Waals surface area contributed by atoms with Gasteiger partial charge in [0.05, 0.1) is 23.4 Å². The molecular weight excluding hydrogens is 386 g/mol. The molecule has 3 aromatic carbocycles. The standard InChI is InChI=1S/C22H23N3O3S/c1-17-7-12-20(28-14-13-18-8-10-19(11-9-18)16-24-23)15-22(17)25-29(26,27)21-5-3-2-4-6-21/h2-12,15-16,25H,13-14,23H2,1H3/b24-16-. The second-order valence-corrected chi connectivity index (χ2v) is 8.20. The molecule has 0 saturated carbocycles. The predicted octanol–water partition coefficient (Wildman–Crippen LogP) is 3.71. The maximum atomic E-state index is 12.6. The Bertz CT molecular complexity index is 1080. The number of sulfonamides is 1. The second kappa shape index (κ2) is 9.25. The van der Waals surface area contributed by atoms with Crippen LogP contribution < -0.4 is 15.3 Å². The Hall–Kier alpha value is -3.32. The Kier molecular flexibility index (Phi) is 6.51. The average molecular weight is 410 g/mol. The van der Waals surface area contributed by atoms with Gasteiger partial charge in [-0.2, -0.15) is 5.10 Å². The summed E-state index contributed by atoms with van der Waals surface area (Å²) in [7, 11) is -3.65. The van der Waals surface area contributed by atoms with Crippen molar-refractivity contribution in [2.75, 3.05) is 11.3 Å². The topological polar surface area (TPSA) is 93.8 Å². The van der Waals surface area contributed by atoms with Crippen LogP contribution in [0.2, 0.25) is 0 Å². The monoisotopic (exact) mass is 409 g/mol. The molecule has 3 N–H and O–H groups in total. The molecule has 0 atom stereocenters. The highest BCUT2D eigenvalue weighted by atomic mass is 32.2. The first-order valence-corrected chi connectivity index (χ1v) is 10.6. The van der Waals surface area contributed by atoms with Crippen LogP contribution in [-0.2, 0) is 16.4 Å². The molecule has 0 bridgehead atoms. The van der Waals surface area contributed by atoms with Crippen molar-refractivity contribution < 1.29 is 13.2 Å². The van der Waals surface area contributed by atoms with Crippen LogP contribution in [0.4, 0.5) is 5.69 Å². The van der Waals surface area contributed by atoms with Gasteiger partial charge in [0.1, 0.15) is 5.75 Å². The molecule has 0 saturated heterocycles. The van der Waals surface area contributed by atoms with Crippen LogP contribution in [0, 0.1) is 6.92 Å². The van der Waals surface area contributed by atoms with E-state index in [0.29, 0.717) is 18.0 Å². The molecule has 0 aromatic heterocycles. The van der Waals surface area contributed by atoms with E-state index in [0.717, 1.165) is 23.1 Å². The molecule has 0 fully saturated rings. The van der Waals surface area contributed by atoms with Gasteiger partial charge >= 0.3 is 0 Å². The van der Waals surface area contributed by atoms with Gasteiger partial charge in [-0.15, -0.1) is 0 Å². The van der Waals surface area contributed by atoms with Crippen LogP contribution >= 0.6 is 0 Å². The van der Waals surface area contributed by atoms with Crippen molar-refractivity contribution >= 4 is 21.9 Å². The van der Waals surface area contributed by atoms with Gasteiger partial charge in [-0.25, -0.2) is 8.42 Å². The van der Waals surface area contributed by atoms with Gasteiger partial charge in [-0.05, 0) is 41.8 Å². The lowest BCUT2D eigenvalue weighted by Gasteiger charge is -2.13. The minimum atomic E-state index is -3.65. The Morgan fingerprint density at radius 1 is 1.03 bits per heavy atom. The highest BCUT2D eigenvalue weighted by Gasteiger charge is 2.15. The summed E-state index contributed by atoms with van der Waals surface area (Å²) >= 11 is 0. The van der Waals surface area contributed by atoms with Crippen LogP contribution in [0.15, 0.2) is 82.8 Å². The van der Waals surface area contributed by atoms with Gasteiger partial charge < -0.3 is 10.6 Å². The molecule has 0 spiro atoms. The first-order chi connectivity index (χ1) is 14.0. The van der Waals surface area contributed by atoms with Gasteiger partial charge in [-0.3, -0.25) is 4.72 Å². The molecule has 150 valence electrons. The van der Waals surface area contributed by atoms with Gasteiger partial charge in [0.2, 0.25) is 0 Å². The molecule has 0 unspecified atom stereocenters. The van der Waals surface area contributed by atoms with E-state index >= 15 is 0 Å². The smallest absolute Gasteiger partial charge is 0.261 e. The second-order valence-electron chi connectivity index (χ2n) is 6.51. The van der Waals surface area contributed by atoms with Crippen molar-refractivity contribution in [1.29, 1.82) is 0 Å². The van der Waals surface area contributed by atoms with E-state index in [-0.39, 0.29) is 4.90 Å². The number of hydrazone groups is 1. The summed E-state index contributed by atoms with van der Waals surface area (Å²) in [5.41, 5.74) is 3.37. The number of anilines is 1. The number of nitrogens with one attached hydrogen (secondary N) is 1. The normalized spacial score (nSPS) is 11.5. The molecule has 6 nitrogen and oxygen atoms in total. The summed E-state index contributed by atoms with van der Waals surface area (Å²) in [6.45, 7) is 2.32. The number of aryl methyl sites for hydroxylation is 1. The minimum Gasteiger partial charge on any atom is -0.493 e. The molecule has 0 amide bonds. The van der Waals surface area contributed by atoms with Gasteiger partial charge in [0.15, 0.2) is 0 Å². The Morgan fingerprint density at radius 3 is 2.45 bits per heavy atom. The first-order valence-electron chi connectivity index (χ1n) is 9.11. The van der Waals surface area contributed by atoms with E-state index in [1.165, 1.54) is 0 Å². The van der Waals surface area contributed by atoms with Crippen LogP contribution in [0.5, 0.6) is 5.75 Å². The number of hydrogen-bond donors (Lipinski definition) is 2. The van der Waals surface area contributed by atoms with Crippen molar-refractivity contribution in [3.8, 4) is 5.75 Å². The number of benzene rings is 3. The molecule has 0 radical (unpaired) electrons. The molecule has 0 aliphatic rings. The number of ether oxygens (including phenoxy) is 1. The van der Waals surface area contributed by atoms with Crippen LogP contribution in [0.25, 0.3) is 0 Å². The molecule has 0 heterocycles. The SMILES string of the molecule is Cc1ccc(OCCc2ccc(/C=N\N)cc2)cc1NS(=O)(=O)c1ccccc1. The van der Waals surface area contributed by atoms with Crippen molar-refractivity contribution in [2.45, 2.75) is 18.2 Å². The molecule has 0 aliphatic heterocycles. The molecule has 3 aromatic rings. The van der Waals surface area contributed by atoms with Crippen molar-refractivity contribution in [1.82, 2.24) is 0 Å². The summed E-state index contributed by atoms with van der Waals surface area (Å²) in [6, 6.07) is 21.5. The fourth-order valence-electron chi connectivity index (χ4n) is 2.75. The van der Waals surface area contributed by atoms with Crippen LogP contribution in [0.3, 0.4) is 0 Å². The first kappa shape index (κ1) is 20.4. The van der Waals surface area contributed by atoms with E-state index in [4.69, 9.17) is 10.6 Å². The minimum absolute atomic E-state index is 0.217. The van der Waals surface area contributed by atoms with Gasteiger partial charge in [-0.1, -0.05) is 48.5 Å². The van der Waals surface area contributed by atoms with Crippen molar-refractivity contribution in [3.05, 3.63) is 89.5 Å². The third-order valence-electron chi connectivity index (χ3n) is 4.37. The third-order valence-corrected chi connectivity index (χ3v) is 5.75. The zero-order valence-corrected chi connectivity index (χ0v) is 16.9. The average Bonchev–Trinajstić information content (AvgIpc) is 2.72. The van der Waals surface area contributed by atoms with Crippen LogP contribution in [0.1, 0.15) is 16.7 Å². The Morgan fingerprint density at radius 2 is 1.76 bits per heavy atom. The highest BCUT2D eigenvalue weighted by Crippen LogP contribution is 2.25. The Labute approximate surface area is 171 Å². The number of rotatable bonds is 8. The fourth-order valence-corrected chi connectivity index (χ4v) is 3.89. The highest BCUT2D eigenvalue weighted by molar-refractivity contribution is 7.92. The molecule has 0 aliphatic carbocycles. The van der Waals surface area contributed by atoms with Crippen molar-refractivity contribution in [3.63, 3.8) is 0 Å². The summed E-state index contributed by atoms with van der Waals surface area (Å²) in [5.74, 6) is 5.75. The quantitative estimate of drug-likeness (QED) is 0.337. The Balaban J connectivity index is 1.64. The molecular formula is C22H23N3O3S. The third kappa shape index (κ3) is 5.58. The van der Waals surface area contributed by atoms with Crippen LogP contribution in [-0.4, -0.2) is 21.2 Å². The number of nitrogens with two attached hydrogens (primary N) is 1. The number of nitrogens with zero attached hydrogens (tertiary/aromatic N) is 1. The summed E-state index contributed by atoms with van der Waals surface area (Å²) < 4.78 is 33.6. The lowest BCUT2D eigenvalue weighted by atomic mass is 10.1. The van der Waals surface area contributed by atoms with E-state index in [2.05, 4.69) is 9.82 Å². The molecule has 3 rings (SSSR count). The van der Waals surface area contributed by atoms with Gasteiger partial charge in [0.25, 0.3) is 10.0 Å². The maximum Gasteiger partial charge on any atom is 0.261 e. The largest absolute Gasteiger partial charge is 0.493 e. The predicted molar refractivity (Wildman–Crippen MR) is 116 cm³/mol. The van der Waals surface area contributed by atoms with E-state index in [1.54, 1.807) is 42.6 Å². The van der Waals surface area contributed by atoms with E-state index < -0.39 is 10.0 Å². The summed E-state index contributed by atoms with van der Waals surface area (Å²) in [6.07, 6.45) is 2.31. The lowest BCUT2D eigenvalue weighted by molar-refractivity contribution is 0.322. The fraction of sp³-hybridized carbons (Fsp3) is 0.136. The zero-order valence-electron chi connectivity index (χ0n) is 16.1.